The summed E-state index contributed by atoms with van der Waals surface area (Å²) in [6.45, 7) is 1.05. The summed E-state index contributed by atoms with van der Waals surface area (Å²) in [4.78, 5) is 0. The molecule has 1 saturated heterocycles. The summed E-state index contributed by atoms with van der Waals surface area (Å²) in [5.41, 5.74) is 1.03. The molecule has 0 aromatic heterocycles. The van der Waals surface area contributed by atoms with Gasteiger partial charge in [0.25, 0.3) is 0 Å². The Labute approximate surface area is 86.6 Å². The van der Waals surface area contributed by atoms with Gasteiger partial charge in [-0.25, -0.2) is 0 Å². The zero-order chi connectivity index (χ0) is 9.26. The lowest BCUT2D eigenvalue weighted by molar-refractivity contribution is 0.476. The second-order valence-electron chi connectivity index (χ2n) is 2.92. The number of phenols is 1. The molecule has 1 aliphatic heterocycles. The average Bonchev–Trinajstić information content (AvgIpc) is 2.62. The van der Waals surface area contributed by atoms with E-state index in [1.807, 2.05) is 6.07 Å². The number of hydrogen-bond donors (Lipinski definition) is 1. The molecule has 4 heteroatoms. The Hall–Kier alpha value is -0.540. The Morgan fingerprint density at radius 3 is 2.92 bits per heavy atom. The molecular formula is C9H10ClNOS. The van der Waals surface area contributed by atoms with Crippen LogP contribution in [-0.4, -0.2) is 17.4 Å². The van der Waals surface area contributed by atoms with Gasteiger partial charge in [0.2, 0.25) is 0 Å². The van der Waals surface area contributed by atoms with Crippen molar-refractivity contribution in [2.45, 2.75) is 6.42 Å². The maximum absolute atomic E-state index is 9.39. The summed E-state index contributed by atoms with van der Waals surface area (Å²) >= 11 is 7.50. The summed E-state index contributed by atoms with van der Waals surface area (Å²) in [7, 11) is 0. The first-order chi connectivity index (χ1) is 6.27. The van der Waals surface area contributed by atoms with Crippen molar-refractivity contribution in [1.82, 2.24) is 0 Å². The van der Waals surface area contributed by atoms with Gasteiger partial charge >= 0.3 is 0 Å². The number of hydrogen-bond acceptors (Lipinski definition) is 3. The molecule has 2 rings (SSSR count). The quantitative estimate of drug-likeness (QED) is 0.729. The van der Waals surface area contributed by atoms with Gasteiger partial charge in [-0.3, -0.25) is 0 Å². The summed E-state index contributed by atoms with van der Waals surface area (Å²) in [6.07, 6.45) is 1.20. The first kappa shape index (κ1) is 9.03. The molecule has 0 spiro atoms. The molecule has 1 fully saturated rings. The van der Waals surface area contributed by atoms with Gasteiger partial charge in [-0.05, 0) is 30.5 Å². The lowest BCUT2D eigenvalue weighted by Gasteiger charge is -2.15. The van der Waals surface area contributed by atoms with E-state index in [-0.39, 0.29) is 5.75 Å². The highest BCUT2D eigenvalue weighted by Gasteiger charge is 2.14. The predicted octanol–water partition coefficient (Wildman–Crippen LogP) is 2.90. The molecule has 0 unspecified atom stereocenters. The molecule has 1 aromatic rings. The molecule has 0 bridgehead atoms. The first-order valence-electron chi connectivity index (χ1n) is 4.16. The average molecular weight is 216 g/mol. The van der Waals surface area contributed by atoms with Crippen molar-refractivity contribution in [3.8, 4) is 5.75 Å². The molecule has 1 N–H and O–H groups in total. The fourth-order valence-electron chi connectivity index (χ4n) is 1.31. The van der Waals surface area contributed by atoms with Crippen LogP contribution in [0.2, 0.25) is 5.02 Å². The molecule has 0 radical (unpaired) electrons. The Morgan fingerprint density at radius 1 is 1.46 bits per heavy atom. The van der Waals surface area contributed by atoms with Crippen LogP contribution in [0.15, 0.2) is 18.2 Å². The molecule has 1 aromatic carbocycles. The molecule has 2 nitrogen and oxygen atoms in total. The topological polar surface area (TPSA) is 23.5 Å². The SMILES string of the molecule is Oc1cc(N2CCCS2)ccc1Cl. The molecule has 1 aliphatic rings. The van der Waals surface area contributed by atoms with Crippen molar-refractivity contribution < 1.29 is 5.11 Å². The molecule has 0 saturated carbocycles. The summed E-state index contributed by atoms with van der Waals surface area (Å²) < 4.78 is 2.18. The lowest BCUT2D eigenvalue weighted by atomic mass is 10.3. The number of halogens is 1. The Bertz CT molecular complexity index is 312. The number of rotatable bonds is 1. The maximum atomic E-state index is 9.39. The van der Waals surface area contributed by atoms with Crippen LogP contribution >= 0.6 is 23.5 Å². The van der Waals surface area contributed by atoms with E-state index in [4.69, 9.17) is 11.6 Å². The van der Waals surface area contributed by atoms with Gasteiger partial charge in [0.1, 0.15) is 5.75 Å². The van der Waals surface area contributed by atoms with E-state index < -0.39 is 0 Å². The zero-order valence-electron chi connectivity index (χ0n) is 7.03. The highest BCUT2D eigenvalue weighted by molar-refractivity contribution is 8.00. The van der Waals surface area contributed by atoms with Gasteiger partial charge in [-0.2, -0.15) is 0 Å². The highest BCUT2D eigenvalue weighted by atomic mass is 35.5. The van der Waals surface area contributed by atoms with Gasteiger partial charge in [0, 0.05) is 18.4 Å². The fraction of sp³-hybridized carbons (Fsp3) is 0.333. The van der Waals surface area contributed by atoms with Crippen molar-refractivity contribution in [3.63, 3.8) is 0 Å². The predicted molar refractivity (Wildman–Crippen MR) is 57.5 cm³/mol. The van der Waals surface area contributed by atoms with Crippen LogP contribution in [0.5, 0.6) is 5.75 Å². The van der Waals surface area contributed by atoms with Crippen LogP contribution in [0.25, 0.3) is 0 Å². The van der Waals surface area contributed by atoms with E-state index in [0.29, 0.717) is 5.02 Å². The Morgan fingerprint density at radius 2 is 2.31 bits per heavy atom. The van der Waals surface area contributed by atoms with Crippen LogP contribution in [-0.2, 0) is 0 Å². The van der Waals surface area contributed by atoms with Gasteiger partial charge < -0.3 is 9.41 Å². The minimum atomic E-state index is 0.159. The third-order valence-corrected chi connectivity index (χ3v) is 3.47. The van der Waals surface area contributed by atoms with Crippen molar-refractivity contribution >= 4 is 29.2 Å². The molecule has 0 atom stereocenters. The summed E-state index contributed by atoms with van der Waals surface area (Å²) in [5, 5.41) is 9.80. The van der Waals surface area contributed by atoms with Gasteiger partial charge in [-0.15, -0.1) is 0 Å². The molecule has 70 valence electrons. The maximum Gasteiger partial charge on any atom is 0.136 e. The third-order valence-electron chi connectivity index (χ3n) is 1.97. The number of aromatic hydroxyl groups is 1. The largest absolute Gasteiger partial charge is 0.506 e. The van der Waals surface area contributed by atoms with Crippen molar-refractivity contribution in [2.24, 2.45) is 0 Å². The van der Waals surface area contributed by atoms with Crippen LogP contribution in [0.4, 0.5) is 5.69 Å². The fourth-order valence-corrected chi connectivity index (χ4v) is 2.42. The van der Waals surface area contributed by atoms with E-state index in [0.717, 1.165) is 18.0 Å². The van der Waals surface area contributed by atoms with E-state index in [9.17, 15) is 5.11 Å². The number of benzene rings is 1. The van der Waals surface area contributed by atoms with Crippen molar-refractivity contribution in [3.05, 3.63) is 23.2 Å². The van der Waals surface area contributed by atoms with E-state index >= 15 is 0 Å². The molecule has 1 heterocycles. The Balaban J connectivity index is 2.25. The van der Waals surface area contributed by atoms with Crippen molar-refractivity contribution in [1.29, 1.82) is 0 Å². The highest BCUT2D eigenvalue weighted by Crippen LogP contribution is 2.33. The minimum Gasteiger partial charge on any atom is -0.506 e. The van der Waals surface area contributed by atoms with E-state index in [1.165, 1.54) is 6.42 Å². The van der Waals surface area contributed by atoms with Gasteiger partial charge in [0.15, 0.2) is 0 Å². The zero-order valence-corrected chi connectivity index (χ0v) is 8.61. The number of phenolic OH excluding ortho intramolecular Hbond substituents is 1. The third kappa shape index (κ3) is 1.86. The van der Waals surface area contributed by atoms with Crippen LogP contribution in [0.3, 0.4) is 0 Å². The van der Waals surface area contributed by atoms with E-state index in [1.54, 1.807) is 24.1 Å². The van der Waals surface area contributed by atoms with Crippen LogP contribution in [0, 0.1) is 0 Å². The summed E-state index contributed by atoms with van der Waals surface area (Å²) in [5.74, 6) is 1.32. The molecule has 13 heavy (non-hydrogen) atoms. The molecule has 0 amide bonds. The smallest absolute Gasteiger partial charge is 0.136 e. The van der Waals surface area contributed by atoms with Crippen molar-refractivity contribution in [2.75, 3.05) is 16.6 Å². The van der Waals surface area contributed by atoms with E-state index in [2.05, 4.69) is 4.31 Å². The number of anilines is 1. The van der Waals surface area contributed by atoms with Crippen LogP contribution in [0.1, 0.15) is 6.42 Å². The second-order valence-corrected chi connectivity index (χ2v) is 4.44. The lowest BCUT2D eigenvalue weighted by Crippen LogP contribution is -2.08. The minimum absolute atomic E-state index is 0.159. The molecular weight excluding hydrogens is 206 g/mol. The van der Waals surface area contributed by atoms with Crippen LogP contribution < -0.4 is 4.31 Å². The van der Waals surface area contributed by atoms with Gasteiger partial charge in [-0.1, -0.05) is 11.6 Å². The second kappa shape index (κ2) is 3.68. The van der Waals surface area contributed by atoms with Gasteiger partial charge in [0.05, 0.1) is 10.7 Å². The standard InChI is InChI=1S/C9H10ClNOS/c10-8-3-2-7(6-9(8)12)11-4-1-5-13-11/h2-3,6,12H,1,4-5H2. The molecule has 0 aliphatic carbocycles. The monoisotopic (exact) mass is 215 g/mol. The summed E-state index contributed by atoms with van der Waals surface area (Å²) in [6, 6.07) is 5.37. The first-order valence-corrected chi connectivity index (χ1v) is 5.48. The Kier molecular flexibility index (Phi) is 2.56. The normalized spacial score (nSPS) is 16.5. The number of nitrogens with zero attached hydrogens (tertiary/aromatic N) is 1.